The third-order valence-corrected chi connectivity index (χ3v) is 3.65. The molecule has 2 atom stereocenters. The molecule has 0 aromatic carbocycles. The maximum Gasteiger partial charge on any atom is 0.0621 e. The van der Waals surface area contributed by atoms with E-state index in [9.17, 15) is 5.11 Å². The number of aliphatic hydroxyl groups excluding tert-OH is 1. The normalized spacial score (nSPS) is 25.6. The van der Waals surface area contributed by atoms with Crippen LogP contribution in [0.1, 0.15) is 46.0 Å². The third-order valence-electron chi connectivity index (χ3n) is 3.65. The monoisotopic (exact) mass is 224 g/mol. The summed E-state index contributed by atoms with van der Waals surface area (Å²) in [6, 6.07) is 2.68. The van der Waals surface area contributed by atoms with Crippen LogP contribution in [0.15, 0.2) is 0 Å². The van der Waals surface area contributed by atoms with Gasteiger partial charge >= 0.3 is 0 Å². The predicted octanol–water partition coefficient (Wildman–Crippen LogP) is 2.07. The Morgan fingerprint density at radius 1 is 1.44 bits per heavy atom. The molecule has 0 bridgehead atoms. The quantitative estimate of drug-likeness (QED) is 0.726. The van der Waals surface area contributed by atoms with Crippen LogP contribution in [0.25, 0.3) is 0 Å². The van der Waals surface area contributed by atoms with Crippen LogP contribution in [0, 0.1) is 22.7 Å². The summed E-state index contributed by atoms with van der Waals surface area (Å²) in [4.78, 5) is 0. The zero-order valence-corrected chi connectivity index (χ0v) is 10.5. The van der Waals surface area contributed by atoms with Crippen LogP contribution >= 0.6 is 0 Å². The summed E-state index contributed by atoms with van der Waals surface area (Å²) in [6.07, 6.45) is 5.11. The van der Waals surface area contributed by atoms with Crippen LogP contribution in [0.4, 0.5) is 0 Å². The lowest BCUT2D eigenvalue weighted by molar-refractivity contribution is 0.194. The average Bonchev–Trinajstić information content (AvgIpc) is 2.71. The molecule has 0 heterocycles. The van der Waals surface area contributed by atoms with Crippen molar-refractivity contribution in [2.24, 2.45) is 11.3 Å². The molecule has 0 amide bonds. The molecule has 3 nitrogen and oxygen atoms in total. The van der Waals surface area contributed by atoms with Crippen LogP contribution in [-0.2, 0) is 0 Å². The molecule has 0 aliphatic heterocycles. The second-order valence-electron chi connectivity index (χ2n) is 5.68. The number of nitriles is 1. The number of hydrogen-bond acceptors (Lipinski definition) is 3. The van der Waals surface area contributed by atoms with Gasteiger partial charge in [-0.05, 0) is 30.6 Å². The molecule has 1 saturated carbocycles. The fourth-order valence-corrected chi connectivity index (χ4v) is 2.41. The molecule has 92 valence electrons. The predicted molar refractivity (Wildman–Crippen MR) is 64.8 cm³/mol. The second kappa shape index (κ2) is 6.22. The molecule has 0 aromatic rings. The zero-order chi connectivity index (χ0) is 12.0. The van der Waals surface area contributed by atoms with E-state index in [0.717, 1.165) is 19.4 Å². The van der Waals surface area contributed by atoms with Gasteiger partial charge in [-0.2, -0.15) is 5.26 Å². The van der Waals surface area contributed by atoms with Crippen molar-refractivity contribution in [1.82, 2.24) is 5.32 Å². The molecule has 2 unspecified atom stereocenters. The number of aliphatic hydroxyl groups is 1. The van der Waals surface area contributed by atoms with E-state index in [2.05, 4.69) is 25.2 Å². The maximum absolute atomic E-state index is 9.22. The molecule has 0 saturated heterocycles. The summed E-state index contributed by atoms with van der Waals surface area (Å²) >= 11 is 0. The molecule has 16 heavy (non-hydrogen) atoms. The van der Waals surface area contributed by atoms with Gasteiger partial charge < -0.3 is 10.4 Å². The summed E-state index contributed by atoms with van der Waals surface area (Å²) in [5, 5.41) is 21.4. The minimum absolute atomic E-state index is 0.179. The highest BCUT2D eigenvalue weighted by Gasteiger charge is 2.28. The molecule has 0 radical (unpaired) electrons. The highest BCUT2D eigenvalue weighted by Crippen LogP contribution is 2.27. The van der Waals surface area contributed by atoms with E-state index >= 15 is 0 Å². The number of nitrogens with zero attached hydrogens (tertiary/aromatic N) is 1. The van der Waals surface area contributed by atoms with Crippen molar-refractivity contribution in [3.8, 4) is 6.07 Å². The molecule has 0 spiro atoms. The Morgan fingerprint density at radius 2 is 2.19 bits per heavy atom. The summed E-state index contributed by atoms with van der Waals surface area (Å²) in [6.45, 7) is 5.63. The van der Waals surface area contributed by atoms with Gasteiger partial charge in [0.1, 0.15) is 0 Å². The zero-order valence-electron chi connectivity index (χ0n) is 10.5. The number of rotatable bonds is 6. The minimum Gasteiger partial charge on any atom is -0.396 e. The SMILES string of the molecule is CC(C)(CCC#N)CNC1CCCC1CO. The highest BCUT2D eigenvalue weighted by atomic mass is 16.3. The van der Waals surface area contributed by atoms with Gasteiger partial charge in [0.15, 0.2) is 0 Å². The van der Waals surface area contributed by atoms with E-state index in [1.54, 1.807) is 0 Å². The minimum atomic E-state index is 0.179. The van der Waals surface area contributed by atoms with Crippen molar-refractivity contribution < 1.29 is 5.11 Å². The Labute approximate surface area is 98.8 Å². The summed E-state index contributed by atoms with van der Waals surface area (Å²) in [5.74, 6) is 0.437. The summed E-state index contributed by atoms with van der Waals surface area (Å²) in [5.41, 5.74) is 0.179. The van der Waals surface area contributed by atoms with Crippen molar-refractivity contribution >= 4 is 0 Å². The van der Waals surface area contributed by atoms with Crippen LogP contribution in [0.5, 0.6) is 0 Å². The van der Waals surface area contributed by atoms with Gasteiger partial charge in [0.25, 0.3) is 0 Å². The lowest BCUT2D eigenvalue weighted by Crippen LogP contribution is -2.40. The lowest BCUT2D eigenvalue weighted by Gasteiger charge is -2.28. The van der Waals surface area contributed by atoms with Gasteiger partial charge in [0.2, 0.25) is 0 Å². The molecule has 1 aliphatic rings. The van der Waals surface area contributed by atoms with Crippen LogP contribution in [0.3, 0.4) is 0 Å². The first kappa shape index (κ1) is 13.5. The summed E-state index contributed by atoms with van der Waals surface area (Å²) < 4.78 is 0. The Hall–Kier alpha value is -0.590. The van der Waals surface area contributed by atoms with E-state index < -0.39 is 0 Å². The van der Waals surface area contributed by atoms with Crippen LogP contribution in [-0.4, -0.2) is 24.3 Å². The van der Waals surface area contributed by atoms with Crippen LogP contribution < -0.4 is 5.32 Å². The Balaban J connectivity index is 2.30. The van der Waals surface area contributed by atoms with E-state index in [-0.39, 0.29) is 5.41 Å². The highest BCUT2D eigenvalue weighted by molar-refractivity contribution is 4.86. The van der Waals surface area contributed by atoms with Crippen molar-refractivity contribution in [3.05, 3.63) is 0 Å². The largest absolute Gasteiger partial charge is 0.396 e. The Bertz CT molecular complexity index is 245. The van der Waals surface area contributed by atoms with Gasteiger partial charge in [0.05, 0.1) is 6.07 Å². The fraction of sp³-hybridized carbons (Fsp3) is 0.923. The van der Waals surface area contributed by atoms with Crippen molar-refractivity contribution in [1.29, 1.82) is 5.26 Å². The molecule has 0 aromatic heterocycles. The fourth-order valence-electron chi connectivity index (χ4n) is 2.41. The van der Waals surface area contributed by atoms with Gasteiger partial charge in [-0.3, -0.25) is 0 Å². The lowest BCUT2D eigenvalue weighted by atomic mass is 9.87. The van der Waals surface area contributed by atoms with E-state index in [1.165, 1.54) is 12.8 Å². The Kier molecular flexibility index (Phi) is 5.24. The molecular weight excluding hydrogens is 200 g/mol. The van der Waals surface area contributed by atoms with Crippen molar-refractivity contribution in [3.63, 3.8) is 0 Å². The molecule has 1 rings (SSSR count). The molecular formula is C13H24N2O. The smallest absolute Gasteiger partial charge is 0.0621 e. The second-order valence-corrected chi connectivity index (χ2v) is 5.68. The van der Waals surface area contributed by atoms with Gasteiger partial charge in [-0.25, -0.2) is 0 Å². The van der Waals surface area contributed by atoms with Crippen molar-refractivity contribution in [2.75, 3.05) is 13.2 Å². The Morgan fingerprint density at radius 3 is 2.81 bits per heavy atom. The first-order chi connectivity index (χ1) is 7.59. The summed E-state index contributed by atoms with van der Waals surface area (Å²) in [7, 11) is 0. The first-order valence-electron chi connectivity index (χ1n) is 6.30. The van der Waals surface area contributed by atoms with Gasteiger partial charge in [0, 0.05) is 25.6 Å². The first-order valence-corrected chi connectivity index (χ1v) is 6.30. The molecule has 3 heteroatoms. The van der Waals surface area contributed by atoms with Gasteiger partial charge in [-0.15, -0.1) is 0 Å². The standard InChI is InChI=1S/C13H24N2O/c1-13(2,7-4-8-14)10-15-12-6-3-5-11(12)9-16/h11-12,15-16H,3-7,9-10H2,1-2H3. The average molecular weight is 224 g/mol. The van der Waals surface area contributed by atoms with E-state index in [1.807, 2.05) is 0 Å². The van der Waals surface area contributed by atoms with Crippen LogP contribution in [0.2, 0.25) is 0 Å². The molecule has 2 N–H and O–H groups in total. The third kappa shape index (κ3) is 4.11. The van der Waals surface area contributed by atoms with Gasteiger partial charge in [-0.1, -0.05) is 20.3 Å². The number of nitrogens with one attached hydrogen (secondary N) is 1. The molecule has 1 aliphatic carbocycles. The van der Waals surface area contributed by atoms with E-state index in [4.69, 9.17) is 5.26 Å². The maximum atomic E-state index is 9.22. The van der Waals surface area contributed by atoms with E-state index in [0.29, 0.717) is 25.0 Å². The van der Waals surface area contributed by atoms with Crippen molar-refractivity contribution in [2.45, 2.75) is 52.0 Å². The number of hydrogen-bond donors (Lipinski definition) is 2. The molecule has 1 fully saturated rings. The topological polar surface area (TPSA) is 56.0 Å².